The Morgan fingerprint density at radius 3 is 2.00 bits per heavy atom. The van der Waals surface area contributed by atoms with Crippen molar-refractivity contribution in [2.24, 2.45) is 5.92 Å². The van der Waals surface area contributed by atoms with Gasteiger partial charge in [-0.3, -0.25) is 4.79 Å². The number of alkyl halides is 2. The van der Waals surface area contributed by atoms with E-state index in [1.807, 2.05) is 13.8 Å². The molecule has 5 heteroatoms. The lowest BCUT2D eigenvalue weighted by Crippen LogP contribution is -2.35. The van der Waals surface area contributed by atoms with Crippen molar-refractivity contribution in [1.82, 2.24) is 0 Å². The number of ketones is 1. The maximum Gasteiger partial charge on any atom is 0.214 e. The molecule has 0 saturated carbocycles. The van der Waals surface area contributed by atoms with Crippen molar-refractivity contribution in [1.29, 1.82) is 0 Å². The summed E-state index contributed by atoms with van der Waals surface area (Å²) in [5.41, 5.74) is 1.04. The molecule has 0 aromatic rings. The lowest BCUT2D eigenvalue weighted by molar-refractivity contribution is -0.115. The van der Waals surface area contributed by atoms with E-state index in [0.717, 1.165) is 0 Å². The number of halogens is 4. The first-order valence-corrected chi connectivity index (χ1v) is 5.92. The van der Waals surface area contributed by atoms with Gasteiger partial charge < -0.3 is 0 Å². The van der Waals surface area contributed by atoms with Gasteiger partial charge in [0.15, 0.2) is 0 Å². The molecule has 84 valence electrons. The van der Waals surface area contributed by atoms with E-state index in [2.05, 4.69) is 0 Å². The second-order valence-corrected chi connectivity index (χ2v) is 5.81. The molecular formula is C10H10Cl4O. The van der Waals surface area contributed by atoms with Crippen molar-refractivity contribution in [3.05, 3.63) is 21.2 Å². The Morgan fingerprint density at radius 2 is 1.60 bits per heavy atom. The number of allylic oxidation sites excluding steroid dienone is 4. The number of carbonyl (C=O) groups excluding carboxylic acids is 1. The van der Waals surface area contributed by atoms with Crippen LogP contribution in [0.3, 0.4) is 0 Å². The zero-order chi connectivity index (χ0) is 12.0. The lowest BCUT2D eigenvalue weighted by Gasteiger charge is -2.30. The highest BCUT2D eigenvalue weighted by Gasteiger charge is 2.45. The number of hydrogen-bond donors (Lipinski definition) is 0. The van der Waals surface area contributed by atoms with Crippen LogP contribution < -0.4 is 0 Å². The van der Waals surface area contributed by atoms with Gasteiger partial charge in [0.05, 0.1) is 5.03 Å². The standard InChI is InChI=1S/C10H10Cl4O/c1-4(2)6-7(11)5(3)8(12)9(15)10(6,13)14/h4H,1-3H3. The molecule has 0 aliphatic heterocycles. The molecule has 0 saturated heterocycles. The molecule has 1 rings (SSSR count). The predicted molar refractivity (Wildman–Crippen MR) is 65.7 cm³/mol. The van der Waals surface area contributed by atoms with Gasteiger partial charge in [0.2, 0.25) is 10.1 Å². The van der Waals surface area contributed by atoms with Crippen LogP contribution >= 0.6 is 46.4 Å². The van der Waals surface area contributed by atoms with Crippen LogP contribution in [0.2, 0.25) is 0 Å². The first-order chi connectivity index (χ1) is 6.71. The van der Waals surface area contributed by atoms with Crippen LogP contribution in [0.4, 0.5) is 0 Å². The SMILES string of the molecule is CC1=C(Cl)C(=O)C(Cl)(Cl)C(C(C)C)=C1Cl. The quantitative estimate of drug-likeness (QED) is 0.653. The summed E-state index contributed by atoms with van der Waals surface area (Å²) in [5, 5.41) is 0.397. The molecule has 1 aliphatic rings. The Morgan fingerprint density at radius 1 is 1.13 bits per heavy atom. The number of Topliss-reactive ketones (excluding diaryl/α,β-unsaturated/α-hetero) is 1. The van der Waals surface area contributed by atoms with Crippen LogP contribution in [0.15, 0.2) is 21.2 Å². The largest absolute Gasteiger partial charge is 0.289 e. The van der Waals surface area contributed by atoms with Crippen molar-refractivity contribution in [3.8, 4) is 0 Å². The monoisotopic (exact) mass is 286 g/mol. The van der Waals surface area contributed by atoms with E-state index >= 15 is 0 Å². The summed E-state index contributed by atoms with van der Waals surface area (Å²) in [7, 11) is 0. The van der Waals surface area contributed by atoms with Crippen molar-refractivity contribution in [2.45, 2.75) is 25.1 Å². The molecule has 0 N–H and O–H groups in total. The third-order valence-corrected chi connectivity index (χ3v) is 3.99. The fourth-order valence-electron chi connectivity index (χ4n) is 1.48. The van der Waals surface area contributed by atoms with Crippen LogP contribution in [-0.2, 0) is 4.79 Å². The fraction of sp³-hybridized carbons (Fsp3) is 0.500. The normalized spacial score (nSPS) is 21.7. The fourth-order valence-corrected chi connectivity index (χ4v) is 3.23. The predicted octanol–water partition coefficient (Wildman–Crippen LogP) is 4.40. The second-order valence-electron chi connectivity index (χ2n) is 3.72. The molecule has 1 aliphatic carbocycles. The molecule has 0 aromatic carbocycles. The average molecular weight is 288 g/mol. The molecule has 0 amide bonds. The van der Waals surface area contributed by atoms with E-state index in [9.17, 15) is 4.79 Å². The van der Waals surface area contributed by atoms with Crippen molar-refractivity contribution in [2.75, 3.05) is 0 Å². The van der Waals surface area contributed by atoms with Gasteiger partial charge in [-0.25, -0.2) is 0 Å². The minimum Gasteiger partial charge on any atom is -0.289 e. The Bertz CT molecular complexity index is 377. The molecule has 0 spiro atoms. The van der Waals surface area contributed by atoms with Crippen molar-refractivity contribution < 1.29 is 4.79 Å². The average Bonchev–Trinajstić information content (AvgIpc) is 2.11. The van der Waals surface area contributed by atoms with Crippen LogP contribution in [0.25, 0.3) is 0 Å². The summed E-state index contributed by atoms with van der Waals surface area (Å²) >= 11 is 23.9. The van der Waals surface area contributed by atoms with Gasteiger partial charge in [-0.1, -0.05) is 60.3 Å². The molecule has 0 atom stereocenters. The van der Waals surface area contributed by atoms with E-state index in [4.69, 9.17) is 46.4 Å². The van der Waals surface area contributed by atoms with Crippen LogP contribution in [0, 0.1) is 5.92 Å². The minimum absolute atomic E-state index is 0.00870. The number of carbonyl (C=O) groups is 1. The van der Waals surface area contributed by atoms with E-state index in [1.54, 1.807) is 6.92 Å². The summed E-state index contributed by atoms with van der Waals surface area (Å²) in [6, 6.07) is 0. The minimum atomic E-state index is -1.64. The van der Waals surface area contributed by atoms with Gasteiger partial charge in [0, 0.05) is 5.03 Å². The van der Waals surface area contributed by atoms with Gasteiger partial charge in [0.25, 0.3) is 0 Å². The zero-order valence-electron chi connectivity index (χ0n) is 8.50. The third-order valence-electron chi connectivity index (χ3n) is 2.30. The summed E-state index contributed by atoms with van der Waals surface area (Å²) in [6.45, 7) is 5.42. The topological polar surface area (TPSA) is 17.1 Å². The maximum absolute atomic E-state index is 11.8. The first-order valence-electron chi connectivity index (χ1n) is 4.40. The molecule has 0 fully saturated rings. The lowest BCUT2D eigenvalue weighted by atomic mass is 9.90. The molecule has 0 heterocycles. The molecule has 0 radical (unpaired) electrons. The Balaban J connectivity index is 3.49. The van der Waals surface area contributed by atoms with E-state index in [0.29, 0.717) is 16.2 Å². The summed E-state index contributed by atoms with van der Waals surface area (Å²) in [4.78, 5) is 11.8. The molecular weight excluding hydrogens is 278 g/mol. The highest BCUT2D eigenvalue weighted by molar-refractivity contribution is 6.67. The zero-order valence-corrected chi connectivity index (χ0v) is 11.5. The Labute approximate surface area is 109 Å². The first kappa shape index (κ1) is 13.4. The van der Waals surface area contributed by atoms with Gasteiger partial charge in [0.1, 0.15) is 0 Å². The van der Waals surface area contributed by atoms with E-state index in [1.165, 1.54) is 0 Å². The van der Waals surface area contributed by atoms with Crippen molar-refractivity contribution >= 4 is 52.2 Å². The van der Waals surface area contributed by atoms with E-state index < -0.39 is 10.1 Å². The van der Waals surface area contributed by atoms with Crippen LogP contribution in [0.5, 0.6) is 0 Å². The van der Waals surface area contributed by atoms with Crippen LogP contribution in [-0.4, -0.2) is 10.1 Å². The third kappa shape index (κ3) is 2.08. The van der Waals surface area contributed by atoms with E-state index in [-0.39, 0.29) is 11.0 Å². The molecule has 0 aromatic heterocycles. The molecule has 0 unspecified atom stereocenters. The van der Waals surface area contributed by atoms with Gasteiger partial charge in [-0.05, 0) is 24.0 Å². The van der Waals surface area contributed by atoms with Gasteiger partial charge in [-0.2, -0.15) is 0 Å². The number of hydrogen-bond acceptors (Lipinski definition) is 1. The highest BCUT2D eigenvalue weighted by atomic mass is 35.5. The van der Waals surface area contributed by atoms with Crippen LogP contribution in [0.1, 0.15) is 20.8 Å². The highest BCUT2D eigenvalue weighted by Crippen LogP contribution is 2.47. The Hall–Kier alpha value is 0.310. The second kappa shape index (κ2) is 4.29. The number of rotatable bonds is 1. The van der Waals surface area contributed by atoms with Crippen molar-refractivity contribution in [3.63, 3.8) is 0 Å². The molecule has 15 heavy (non-hydrogen) atoms. The molecule has 0 bridgehead atoms. The smallest absolute Gasteiger partial charge is 0.214 e. The maximum atomic E-state index is 11.8. The summed E-state index contributed by atoms with van der Waals surface area (Å²) in [5.74, 6) is -0.519. The Kier molecular flexibility index (Phi) is 3.83. The molecule has 1 nitrogen and oxygen atoms in total. The summed E-state index contributed by atoms with van der Waals surface area (Å²) in [6.07, 6.45) is 0. The van der Waals surface area contributed by atoms with Gasteiger partial charge in [-0.15, -0.1) is 0 Å². The van der Waals surface area contributed by atoms with Gasteiger partial charge >= 0.3 is 0 Å². The summed E-state index contributed by atoms with van der Waals surface area (Å²) < 4.78 is -1.64.